The third-order valence-corrected chi connectivity index (χ3v) is 7.01. The van der Waals surface area contributed by atoms with Crippen LogP contribution in [0, 0.1) is 0 Å². The van der Waals surface area contributed by atoms with Crippen LogP contribution in [0.1, 0.15) is 45.6 Å². The summed E-state index contributed by atoms with van der Waals surface area (Å²) >= 11 is 0. The lowest BCUT2D eigenvalue weighted by Crippen LogP contribution is -2.36. The Morgan fingerprint density at radius 3 is 2.43 bits per heavy atom. The second-order valence-electron chi connectivity index (χ2n) is 8.56. The number of carbonyl (C=O) groups excluding carboxylic acids is 1. The first-order valence-corrected chi connectivity index (χ1v) is 12.2. The van der Waals surface area contributed by atoms with Crippen molar-refractivity contribution in [3.63, 3.8) is 0 Å². The Morgan fingerprint density at radius 2 is 1.80 bits per heavy atom. The molecule has 0 radical (unpaired) electrons. The molecule has 1 aliphatic rings. The molecule has 0 spiro atoms. The molecule has 0 bridgehead atoms. The maximum atomic E-state index is 13.0. The van der Waals surface area contributed by atoms with Crippen LogP contribution in [0.25, 0.3) is 22.4 Å². The van der Waals surface area contributed by atoms with Gasteiger partial charge in [-0.05, 0) is 62.2 Å². The van der Waals surface area contributed by atoms with Crippen LogP contribution in [0.3, 0.4) is 0 Å². The molecule has 158 valence electrons. The molecule has 0 saturated carbocycles. The van der Waals surface area contributed by atoms with Crippen molar-refractivity contribution in [3.8, 4) is 11.4 Å². The van der Waals surface area contributed by atoms with Crippen LogP contribution in [0.4, 0.5) is 5.69 Å². The molecule has 3 aromatic rings. The molecule has 0 fully saturated rings. The van der Waals surface area contributed by atoms with Gasteiger partial charge in [-0.1, -0.05) is 19.8 Å². The fourth-order valence-corrected chi connectivity index (χ4v) is 4.70. The lowest BCUT2D eigenvalue weighted by Gasteiger charge is -2.20. The molecule has 0 atom stereocenters. The number of nitrogens with one attached hydrogen (secondary N) is 1. The second kappa shape index (κ2) is 7.23. The average molecular weight is 426 g/mol. The van der Waals surface area contributed by atoms with Gasteiger partial charge in [-0.2, -0.15) is 0 Å². The van der Waals surface area contributed by atoms with Gasteiger partial charge in [0.1, 0.15) is 5.82 Å². The van der Waals surface area contributed by atoms with Gasteiger partial charge in [0, 0.05) is 18.4 Å². The van der Waals surface area contributed by atoms with Gasteiger partial charge in [0.05, 0.1) is 27.0 Å². The van der Waals surface area contributed by atoms with Crippen molar-refractivity contribution in [3.05, 3.63) is 42.0 Å². The Labute approximate surface area is 177 Å². The number of benzene rings is 2. The highest BCUT2D eigenvalue weighted by atomic mass is 32.2. The van der Waals surface area contributed by atoms with E-state index in [1.807, 2.05) is 30.9 Å². The molecule has 0 saturated heterocycles. The van der Waals surface area contributed by atoms with Gasteiger partial charge in [0.25, 0.3) is 0 Å². The minimum atomic E-state index is -3.24. The number of H-pyrrole nitrogens is 1. The highest BCUT2D eigenvalue weighted by Crippen LogP contribution is 2.43. The number of imidazole rings is 1. The fourth-order valence-electron chi connectivity index (χ4n) is 4.07. The van der Waals surface area contributed by atoms with Crippen molar-refractivity contribution in [2.75, 3.05) is 17.7 Å². The average Bonchev–Trinajstić information content (AvgIpc) is 3.19. The Bertz CT molecular complexity index is 1220. The van der Waals surface area contributed by atoms with Crippen molar-refractivity contribution >= 4 is 32.5 Å². The van der Waals surface area contributed by atoms with Crippen molar-refractivity contribution in [2.45, 2.75) is 50.3 Å². The molecule has 1 aromatic heterocycles. The predicted molar refractivity (Wildman–Crippen MR) is 120 cm³/mol. The smallest absolute Gasteiger partial charge is 0.237 e. The van der Waals surface area contributed by atoms with E-state index in [-0.39, 0.29) is 10.8 Å². The lowest BCUT2D eigenvalue weighted by molar-refractivity contribution is -0.122. The summed E-state index contributed by atoms with van der Waals surface area (Å²) in [5.74, 6) is 0.813. The number of unbranched alkanes of at least 4 members (excludes halogenated alkanes) is 2. The minimum Gasteiger partial charge on any atom is -0.338 e. The molecule has 0 unspecified atom stereocenters. The Hall–Kier alpha value is -2.67. The number of hydrogen-bond donors (Lipinski definition) is 1. The number of amides is 1. The Morgan fingerprint density at radius 1 is 1.10 bits per heavy atom. The SMILES string of the molecule is CCCCCN1C(=O)C(C)(C)c2cc3nc(-c4ccc(S(C)(=O)=O)cc4)[nH]c3cc21. The van der Waals surface area contributed by atoms with Crippen molar-refractivity contribution in [2.24, 2.45) is 0 Å². The number of aromatic amines is 1. The summed E-state index contributed by atoms with van der Waals surface area (Å²) in [6.07, 6.45) is 4.38. The van der Waals surface area contributed by atoms with E-state index in [0.29, 0.717) is 5.82 Å². The molecule has 4 rings (SSSR count). The number of nitrogens with zero attached hydrogens (tertiary/aromatic N) is 2. The minimum absolute atomic E-state index is 0.137. The van der Waals surface area contributed by atoms with Crippen molar-refractivity contribution in [1.29, 1.82) is 0 Å². The van der Waals surface area contributed by atoms with Crippen LogP contribution >= 0.6 is 0 Å². The van der Waals surface area contributed by atoms with E-state index >= 15 is 0 Å². The monoisotopic (exact) mass is 425 g/mol. The third kappa shape index (κ3) is 3.41. The summed E-state index contributed by atoms with van der Waals surface area (Å²) < 4.78 is 23.4. The maximum Gasteiger partial charge on any atom is 0.237 e. The zero-order valence-corrected chi connectivity index (χ0v) is 18.6. The summed E-state index contributed by atoms with van der Waals surface area (Å²) in [5, 5.41) is 0. The number of carbonyl (C=O) groups is 1. The van der Waals surface area contributed by atoms with Crippen LogP contribution in [0.2, 0.25) is 0 Å². The highest BCUT2D eigenvalue weighted by Gasteiger charge is 2.44. The third-order valence-electron chi connectivity index (χ3n) is 5.88. The van der Waals surface area contributed by atoms with Gasteiger partial charge < -0.3 is 9.88 Å². The van der Waals surface area contributed by atoms with E-state index in [2.05, 4.69) is 11.9 Å². The van der Waals surface area contributed by atoms with Gasteiger partial charge in [-0.15, -0.1) is 0 Å². The molecule has 2 heterocycles. The molecule has 30 heavy (non-hydrogen) atoms. The van der Waals surface area contributed by atoms with Crippen LogP contribution < -0.4 is 4.90 Å². The molecule has 7 heteroatoms. The number of sulfone groups is 1. The first-order valence-electron chi connectivity index (χ1n) is 10.3. The largest absolute Gasteiger partial charge is 0.338 e. The molecule has 0 aliphatic carbocycles. The second-order valence-corrected chi connectivity index (χ2v) is 10.6. The number of anilines is 1. The standard InChI is InChI=1S/C23H27N3O3S/c1-5-6-7-12-26-20-14-19-18(13-17(20)23(2,3)22(26)27)24-21(25-19)15-8-10-16(11-9-15)30(4,28)29/h8-11,13-14H,5-7,12H2,1-4H3,(H,24,25). The Kier molecular flexibility index (Phi) is 4.97. The molecule has 1 aliphatic heterocycles. The van der Waals surface area contributed by atoms with Gasteiger partial charge in [-0.25, -0.2) is 13.4 Å². The maximum absolute atomic E-state index is 13.0. The number of hydrogen-bond acceptors (Lipinski definition) is 4. The molecular weight excluding hydrogens is 398 g/mol. The van der Waals surface area contributed by atoms with Crippen LogP contribution in [0.15, 0.2) is 41.3 Å². The fraction of sp³-hybridized carbons (Fsp3) is 0.391. The van der Waals surface area contributed by atoms with Gasteiger partial charge >= 0.3 is 0 Å². The van der Waals surface area contributed by atoms with Crippen molar-refractivity contribution < 1.29 is 13.2 Å². The number of fused-ring (bicyclic) bond motifs is 2. The van der Waals surface area contributed by atoms with E-state index in [9.17, 15) is 13.2 Å². The van der Waals surface area contributed by atoms with E-state index in [1.54, 1.807) is 24.3 Å². The Balaban J connectivity index is 1.74. The summed E-state index contributed by atoms with van der Waals surface area (Å²) in [5.41, 5.74) is 3.85. The van der Waals surface area contributed by atoms with Crippen molar-refractivity contribution in [1.82, 2.24) is 9.97 Å². The van der Waals surface area contributed by atoms with Crippen LogP contribution in [-0.4, -0.2) is 37.1 Å². The topological polar surface area (TPSA) is 83.1 Å². The van der Waals surface area contributed by atoms with E-state index in [0.717, 1.165) is 53.7 Å². The molecule has 1 N–H and O–H groups in total. The molecule has 1 amide bonds. The quantitative estimate of drug-likeness (QED) is 0.592. The van der Waals surface area contributed by atoms with Gasteiger partial charge in [0.15, 0.2) is 9.84 Å². The highest BCUT2D eigenvalue weighted by molar-refractivity contribution is 7.90. The van der Waals surface area contributed by atoms with Crippen LogP contribution in [0.5, 0.6) is 0 Å². The van der Waals surface area contributed by atoms with E-state index in [1.165, 1.54) is 6.26 Å². The van der Waals surface area contributed by atoms with Crippen LogP contribution in [-0.2, 0) is 20.0 Å². The molecule has 2 aromatic carbocycles. The summed E-state index contributed by atoms with van der Waals surface area (Å²) in [4.78, 5) is 23.3. The lowest BCUT2D eigenvalue weighted by atomic mass is 9.86. The van der Waals surface area contributed by atoms with Gasteiger partial charge in [0.2, 0.25) is 5.91 Å². The first-order chi connectivity index (χ1) is 14.1. The predicted octanol–water partition coefficient (Wildman–Crippen LogP) is 4.45. The van der Waals surface area contributed by atoms with Gasteiger partial charge in [-0.3, -0.25) is 4.79 Å². The van der Waals surface area contributed by atoms with E-state index in [4.69, 9.17) is 4.98 Å². The summed E-state index contributed by atoms with van der Waals surface area (Å²) in [6.45, 7) is 6.82. The normalized spacial score (nSPS) is 15.7. The summed E-state index contributed by atoms with van der Waals surface area (Å²) in [6, 6.07) is 10.7. The molecule has 6 nitrogen and oxygen atoms in total. The first kappa shape index (κ1) is 20.6. The van der Waals surface area contributed by atoms with E-state index < -0.39 is 15.3 Å². The number of aromatic nitrogens is 2. The number of rotatable bonds is 6. The molecular formula is C23H27N3O3S. The summed E-state index contributed by atoms with van der Waals surface area (Å²) in [7, 11) is -3.24. The zero-order chi connectivity index (χ0) is 21.7. The zero-order valence-electron chi connectivity index (χ0n) is 17.8.